The first kappa shape index (κ1) is 16.0. The average molecular weight is 320 g/mol. The molecule has 1 spiro atoms. The van der Waals surface area contributed by atoms with Gasteiger partial charge in [-0.25, -0.2) is 8.78 Å². The summed E-state index contributed by atoms with van der Waals surface area (Å²) in [6, 6.07) is 0.160. The van der Waals surface area contributed by atoms with Crippen LogP contribution in [0.2, 0.25) is 0 Å². The number of alkyl halides is 2. The van der Waals surface area contributed by atoms with Crippen LogP contribution in [0.15, 0.2) is 0 Å². The predicted octanol–water partition coefficient (Wildman–Crippen LogP) is 2.95. The minimum absolute atomic E-state index is 0.0139. The first-order chi connectivity index (χ1) is 10.0. The molecule has 3 N–H and O–H groups in total. The van der Waals surface area contributed by atoms with Gasteiger partial charge in [-0.05, 0) is 49.7 Å². The Labute approximate surface area is 129 Å². The van der Waals surface area contributed by atoms with E-state index in [2.05, 4.69) is 5.43 Å². The maximum atomic E-state index is 13.4. The van der Waals surface area contributed by atoms with Gasteiger partial charge in [0, 0.05) is 31.2 Å². The van der Waals surface area contributed by atoms with E-state index in [1.54, 1.807) is 0 Å². The van der Waals surface area contributed by atoms with Gasteiger partial charge in [0.2, 0.25) is 5.92 Å². The van der Waals surface area contributed by atoms with Crippen molar-refractivity contribution in [3.8, 4) is 0 Å². The Balaban J connectivity index is 1.63. The number of nitrogens with one attached hydrogen (secondary N) is 1. The van der Waals surface area contributed by atoms with E-state index in [0.717, 1.165) is 31.6 Å². The highest BCUT2D eigenvalue weighted by molar-refractivity contribution is 7.99. The third-order valence-corrected chi connectivity index (χ3v) is 6.79. The van der Waals surface area contributed by atoms with Gasteiger partial charge >= 0.3 is 0 Å². The highest BCUT2D eigenvalue weighted by atomic mass is 32.2. The summed E-state index contributed by atoms with van der Waals surface area (Å²) in [4.78, 5) is 0. The number of hydrogen-bond donors (Lipinski definition) is 2. The molecule has 21 heavy (non-hydrogen) atoms. The standard InChI is InChI=1S/C15H26F2N2OS/c16-15(17)4-1-11(2-5-15)13(19-18)12-3-7-20-14(9-12)6-8-21-10-14/h11-13,19H,1-10,18H2. The second-order valence-corrected chi connectivity index (χ2v) is 8.08. The molecule has 1 saturated carbocycles. The molecule has 0 amide bonds. The molecular weight excluding hydrogens is 294 g/mol. The number of nitrogens with two attached hydrogens (primary N) is 1. The van der Waals surface area contributed by atoms with Crippen molar-refractivity contribution in [3.05, 3.63) is 0 Å². The van der Waals surface area contributed by atoms with Gasteiger partial charge in [-0.2, -0.15) is 11.8 Å². The molecule has 6 heteroatoms. The molecule has 0 bridgehead atoms. The molecule has 3 rings (SSSR count). The smallest absolute Gasteiger partial charge is 0.248 e. The maximum absolute atomic E-state index is 13.4. The van der Waals surface area contributed by atoms with Gasteiger partial charge in [0.1, 0.15) is 0 Å². The molecule has 1 aliphatic carbocycles. The molecule has 3 atom stereocenters. The van der Waals surface area contributed by atoms with Crippen molar-refractivity contribution in [3.63, 3.8) is 0 Å². The Morgan fingerprint density at radius 1 is 1.14 bits per heavy atom. The fraction of sp³-hybridized carbons (Fsp3) is 1.00. The summed E-state index contributed by atoms with van der Waals surface area (Å²) in [5, 5.41) is 0. The van der Waals surface area contributed by atoms with Crippen LogP contribution in [-0.2, 0) is 4.74 Å². The second kappa shape index (κ2) is 6.30. The number of rotatable bonds is 3. The van der Waals surface area contributed by atoms with E-state index in [1.165, 1.54) is 5.75 Å². The lowest BCUT2D eigenvalue weighted by molar-refractivity contribution is -0.0956. The van der Waals surface area contributed by atoms with Crippen LogP contribution in [0.1, 0.15) is 44.9 Å². The van der Waals surface area contributed by atoms with Crippen LogP contribution in [0.3, 0.4) is 0 Å². The minimum atomic E-state index is -2.46. The number of halogens is 2. The first-order valence-electron chi connectivity index (χ1n) is 8.09. The monoisotopic (exact) mass is 320 g/mol. The van der Waals surface area contributed by atoms with Gasteiger partial charge in [0.05, 0.1) is 5.60 Å². The maximum Gasteiger partial charge on any atom is 0.248 e. The Bertz CT molecular complexity index is 354. The second-order valence-electron chi connectivity index (χ2n) is 6.97. The molecule has 3 nitrogen and oxygen atoms in total. The Hall–Kier alpha value is 0.0900. The van der Waals surface area contributed by atoms with E-state index in [4.69, 9.17) is 10.6 Å². The highest BCUT2D eigenvalue weighted by Crippen LogP contribution is 2.45. The van der Waals surface area contributed by atoms with Crippen LogP contribution < -0.4 is 11.3 Å². The lowest BCUT2D eigenvalue weighted by Crippen LogP contribution is -2.52. The molecule has 2 saturated heterocycles. The van der Waals surface area contributed by atoms with Gasteiger partial charge in [-0.3, -0.25) is 11.3 Å². The van der Waals surface area contributed by atoms with E-state index < -0.39 is 5.92 Å². The van der Waals surface area contributed by atoms with Crippen molar-refractivity contribution < 1.29 is 13.5 Å². The Morgan fingerprint density at radius 3 is 2.52 bits per heavy atom. The molecular formula is C15H26F2N2OS. The predicted molar refractivity (Wildman–Crippen MR) is 81.4 cm³/mol. The lowest BCUT2D eigenvalue weighted by Gasteiger charge is -2.44. The lowest BCUT2D eigenvalue weighted by atomic mass is 9.72. The molecule has 0 aromatic carbocycles. The van der Waals surface area contributed by atoms with Crippen LogP contribution in [0.5, 0.6) is 0 Å². The average Bonchev–Trinajstić information content (AvgIpc) is 2.89. The van der Waals surface area contributed by atoms with Crippen LogP contribution in [0, 0.1) is 11.8 Å². The minimum Gasteiger partial charge on any atom is -0.374 e. The zero-order valence-electron chi connectivity index (χ0n) is 12.5. The number of ether oxygens (including phenoxy) is 1. The number of thioether (sulfide) groups is 1. The van der Waals surface area contributed by atoms with E-state index >= 15 is 0 Å². The molecule has 122 valence electrons. The third-order valence-electron chi connectivity index (χ3n) is 5.57. The SMILES string of the molecule is NNC(C1CCC(F)(F)CC1)C1CCOC2(CCSC2)C1. The molecule has 3 unspecified atom stereocenters. The van der Waals surface area contributed by atoms with Gasteiger partial charge in [0.15, 0.2) is 0 Å². The van der Waals surface area contributed by atoms with Crippen LogP contribution in [-0.4, -0.2) is 35.7 Å². The molecule has 3 fully saturated rings. The van der Waals surface area contributed by atoms with Gasteiger partial charge in [-0.1, -0.05) is 0 Å². The van der Waals surface area contributed by atoms with Crippen LogP contribution >= 0.6 is 11.8 Å². The molecule has 0 aromatic heterocycles. The van der Waals surface area contributed by atoms with E-state index in [1.807, 2.05) is 11.8 Å². The summed E-state index contributed by atoms with van der Waals surface area (Å²) in [5.74, 6) is 6.32. The van der Waals surface area contributed by atoms with Crippen molar-refractivity contribution in [2.45, 2.75) is 62.5 Å². The quantitative estimate of drug-likeness (QED) is 0.620. The molecule has 0 radical (unpaired) electrons. The summed E-state index contributed by atoms with van der Waals surface area (Å²) < 4.78 is 32.8. The fourth-order valence-corrected chi connectivity index (χ4v) is 5.69. The topological polar surface area (TPSA) is 47.3 Å². The summed E-state index contributed by atoms with van der Waals surface area (Å²) in [7, 11) is 0. The van der Waals surface area contributed by atoms with Gasteiger partial charge < -0.3 is 4.74 Å². The van der Waals surface area contributed by atoms with Crippen LogP contribution in [0.25, 0.3) is 0 Å². The Kier molecular flexibility index (Phi) is 4.79. The van der Waals surface area contributed by atoms with Gasteiger partial charge in [-0.15, -0.1) is 0 Å². The summed E-state index contributed by atoms with van der Waals surface area (Å²) in [6.45, 7) is 0.784. The van der Waals surface area contributed by atoms with Crippen molar-refractivity contribution >= 4 is 11.8 Å². The largest absolute Gasteiger partial charge is 0.374 e. The fourth-order valence-electron chi connectivity index (χ4n) is 4.31. The molecule has 2 heterocycles. The first-order valence-corrected chi connectivity index (χ1v) is 9.25. The molecule has 0 aromatic rings. The summed E-state index contributed by atoms with van der Waals surface area (Å²) in [5.41, 5.74) is 3.00. The van der Waals surface area contributed by atoms with E-state index in [-0.39, 0.29) is 30.4 Å². The Morgan fingerprint density at radius 2 is 1.90 bits per heavy atom. The highest BCUT2D eigenvalue weighted by Gasteiger charge is 2.45. The van der Waals surface area contributed by atoms with Gasteiger partial charge in [0.25, 0.3) is 0 Å². The normalized spacial score (nSPS) is 38.7. The molecule has 2 aliphatic heterocycles. The van der Waals surface area contributed by atoms with E-state index in [0.29, 0.717) is 18.8 Å². The van der Waals surface area contributed by atoms with Crippen LogP contribution in [0.4, 0.5) is 8.78 Å². The number of hydrazine groups is 1. The van der Waals surface area contributed by atoms with Crippen molar-refractivity contribution in [2.24, 2.45) is 17.7 Å². The third kappa shape index (κ3) is 3.54. The summed E-state index contributed by atoms with van der Waals surface area (Å²) in [6.07, 6.45) is 4.34. The number of hydrogen-bond acceptors (Lipinski definition) is 4. The zero-order chi connectivity index (χ0) is 14.9. The zero-order valence-corrected chi connectivity index (χ0v) is 13.3. The molecule has 3 aliphatic rings. The van der Waals surface area contributed by atoms with E-state index in [9.17, 15) is 8.78 Å². The van der Waals surface area contributed by atoms with Crippen molar-refractivity contribution in [2.75, 3.05) is 18.1 Å². The summed E-state index contributed by atoms with van der Waals surface area (Å²) >= 11 is 1.96. The van der Waals surface area contributed by atoms with Crippen molar-refractivity contribution in [1.82, 2.24) is 5.43 Å². The van der Waals surface area contributed by atoms with Crippen molar-refractivity contribution in [1.29, 1.82) is 0 Å².